The molecule has 10 nitrogen and oxygen atoms in total. The standard InChI is InChI=1S/C6H12ClNO2.C5H12NO4P.C5H13O2P.CH3Cl2P/c1-2-10-6(9)5(8)3-4-7;1-11(9,10)3-2-4(6)5(7)8;1-4-6-8(3)7-5-2;1-4(2)3/h5H,2-4,8H2,1H3;4H,2-3,6H2,1H3,(H,7,8)(H,9,10);4-5H2,1-3H3;1H3/t5-;4-;;/m00../s1. The minimum atomic E-state index is -3.10. The quantitative estimate of drug-likeness (QED) is 0.141. The van der Waals surface area contributed by atoms with Gasteiger partial charge in [-0.3, -0.25) is 14.2 Å². The molecule has 0 rings (SSSR count). The number of ether oxygens (including phenoxy) is 1. The summed E-state index contributed by atoms with van der Waals surface area (Å²) in [4.78, 5) is 29.6. The summed E-state index contributed by atoms with van der Waals surface area (Å²) in [7, 11) is -3.68. The Morgan fingerprint density at radius 2 is 1.42 bits per heavy atom. The zero-order valence-corrected chi connectivity index (χ0v) is 25.0. The number of rotatable bonds is 12. The van der Waals surface area contributed by atoms with E-state index in [9.17, 15) is 14.2 Å². The van der Waals surface area contributed by atoms with E-state index >= 15 is 0 Å². The molecule has 0 saturated carbocycles. The van der Waals surface area contributed by atoms with Gasteiger partial charge in [0.05, 0.1) is 26.4 Å². The van der Waals surface area contributed by atoms with E-state index in [0.29, 0.717) is 18.9 Å². The van der Waals surface area contributed by atoms with Gasteiger partial charge in [0.15, 0.2) is 15.7 Å². The number of halogens is 3. The fourth-order valence-corrected chi connectivity index (χ4v) is 3.18. The Morgan fingerprint density at radius 1 is 1.00 bits per heavy atom. The molecule has 16 heteroatoms. The van der Waals surface area contributed by atoms with Gasteiger partial charge in [-0.2, -0.15) is 0 Å². The molecule has 0 amide bonds. The van der Waals surface area contributed by atoms with Gasteiger partial charge >= 0.3 is 11.9 Å². The van der Waals surface area contributed by atoms with Crippen LogP contribution in [0.25, 0.3) is 0 Å². The lowest BCUT2D eigenvalue weighted by molar-refractivity contribution is -0.144. The summed E-state index contributed by atoms with van der Waals surface area (Å²) in [5.74, 6) is -1.12. The Labute approximate surface area is 215 Å². The summed E-state index contributed by atoms with van der Waals surface area (Å²) in [6, 6.07) is -1.59. The van der Waals surface area contributed by atoms with Gasteiger partial charge in [-0.05, 0) is 40.3 Å². The summed E-state index contributed by atoms with van der Waals surface area (Å²) in [5.41, 5.74) is 10.4. The van der Waals surface area contributed by atoms with Crippen molar-refractivity contribution in [3.63, 3.8) is 0 Å². The molecule has 0 aliphatic heterocycles. The third kappa shape index (κ3) is 43.2. The molecule has 0 radical (unpaired) electrons. The molecular formula is C17H40Cl3N2O8P3. The summed E-state index contributed by atoms with van der Waals surface area (Å²) in [5, 5.41) is 8.28. The van der Waals surface area contributed by atoms with Crippen molar-refractivity contribution in [3.8, 4) is 0 Å². The summed E-state index contributed by atoms with van der Waals surface area (Å²) >= 11 is 15.6. The molecule has 33 heavy (non-hydrogen) atoms. The number of aliphatic carboxylic acids is 1. The molecule has 202 valence electrons. The van der Waals surface area contributed by atoms with Gasteiger partial charge in [0.1, 0.15) is 12.1 Å². The van der Waals surface area contributed by atoms with Gasteiger partial charge in [-0.15, -0.1) is 11.6 Å². The minimum Gasteiger partial charge on any atom is -0.480 e. The molecule has 0 aliphatic rings. The van der Waals surface area contributed by atoms with E-state index in [-0.39, 0.29) is 18.6 Å². The maximum atomic E-state index is 10.7. The van der Waals surface area contributed by atoms with Crippen LogP contribution in [0.1, 0.15) is 33.6 Å². The number of nitrogens with two attached hydrogens (primary N) is 2. The highest BCUT2D eigenvalue weighted by molar-refractivity contribution is 8.03. The van der Waals surface area contributed by atoms with Gasteiger partial charge in [0, 0.05) is 25.4 Å². The number of hydrogen-bond acceptors (Lipinski definition) is 8. The maximum absolute atomic E-state index is 10.7. The maximum Gasteiger partial charge on any atom is 0.322 e. The van der Waals surface area contributed by atoms with Crippen LogP contribution in [-0.2, 0) is 27.9 Å². The minimum absolute atomic E-state index is 0.0412. The van der Waals surface area contributed by atoms with Crippen molar-refractivity contribution in [1.29, 1.82) is 0 Å². The van der Waals surface area contributed by atoms with Crippen molar-refractivity contribution in [3.05, 3.63) is 0 Å². The van der Waals surface area contributed by atoms with Crippen LogP contribution in [0, 0.1) is 0 Å². The first-order chi connectivity index (χ1) is 15.1. The molecule has 1 unspecified atom stereocenters. The zero-order valence-electron chi connectivity index (χ0n) is 20.1. The fourth-order valence-electron chi connectivity index (χ4n) is 1.39. The lowest BCUT2D eigenvalue weighted by Crippen LogP contribution is -2.32. The molecule has 0 fully saturated rings. The van der Waals surface area contributed by atoms with E-state index in [4.69, 9.17) is 64.6 Å². The lowest BCUT2D eigenvalue weighted by atomic mass is 10.2. The third-order valence-electron chi connectivity index (χ3n) is 2.80. The third-order valence-corrected chi connectivity index (χ3v) is 5.35. The summed E-state index contributed by atoms with van der Waals surface area (Å²) in [6.45, 7) is 11.8. The van der Waals surface area contributed by atoms with Gasteiger partial charge in [0.25, 0.3) is 0 Å². The van der Waals surface area contributed by atoms with E-state index in [1.165, 1.54) is 6.66 Å². The van der Waals surface area contributed by atoms with Crippen molar-refractivity contribution in [2.75, 3.05) is 51.9 Å². The molecule has 0 saturated heterocycles. The van der Waals surface area contributed by atoms with E-state index in [2.05, 4.69) is 4.74 Å². The molecule has 0 bridgehead atoms. The lowest BCUT2D eigenvalue weighted by Gasteiger charge is -2.08. The molecule has 0 aliphatic carbocycles. The highest BCUT2D eigenvalue weighted by atomic mass is 35.9. The molecule has 0 spiro atoms. The Hall–Kier alpha value is 0.700. The van der Waals surface area contributed by atoms with Crippen LogP contribution in [0.3, 0.4) is 0 Å². The monoisotopic (exact) mass is 598 g/mol. The Morgan fingerprint density at radius 3 is 1.70 bits per heavy atom. The van der Waals surface area contributed by atoms with Crippen LogP contribution in [0.4, 0.5) is 0 Å². The number of esters is 1. The Balaban J connectivity index is -0.000000178. The first kappa shape index (κ1) is 40.9. The van der Waals surface area contributed by atoms with Crippen LogP contribution in [-0.4, -0.2) is 85.9 Å². The first-order valence-electron chi connectivity index (χ1n) is 9.89. The fraction of sp³-hybridized carbons (Fsp3) is 0.882. The second-order valence-electron chi connectivity index (χ2n) is 6.02. The number of carbonyl (C=O) groups excluding carboxylic acids is 1. The largest absolute Gasteiger partial charge is 0.480 e. The summed E-state index contributed by atoms with van der Waals surface area (Å²) in [6.07, 6.45) is 0.473. The molecule has 0 aromatic heterocycles. The van der Waals surface area contributed by atoms with Crippen molar-refractivity contribution in [1.82, 2.24) is 0 Å². The smallest absolute Gasteiger partial charge is 0.322 e. The van der Waals surface area contributed by atoms with Crippen LogP contribution in [0.2, 0.25) is 0 Å². The van der Waals surface area contributed by atoms with E-state index in [0.717, 1.165) is 13.2 Å². The van der Waals surface area contributed by atoms with E-state index in [1.807, 2.05) is 20.5 Å². The molecule has 3 atom stereocenters. The number of carboxylic acid groups (broad SMARTS) is 1. The number of carbonyl (C=O) groups is 2. The van der Waals surface area contributed by atoms with Crippen LogP contribution in [0.15, 0.2) is 0 Å². The SMILES string of the molecule is CCOC(=O)[C@@H](N)CCCl.CCOP(C)OCC.CP(=O)(O)CC[C@H](N)C(=O)O.CP(Cl)Cl. The van der Waals surface area contributed by atoms with Gasteiger partial charge in [0.2, 0.25) is 0 Å². The van der Waals surface area contributed by atoms with Gasteiger partial charge in [-0.1, -0.05) is 22.5 Å². The average molecular weight is 600 g/mol. The predicted molar refractivity (Wildman–Crippen MR) is 141 cm³/mol. The Kier molecular flexibility index (Phi) is 33.8. The van der Waals surface area contributed by atoms with Crippen molar-refractivity contribution in [2.24, 2.45) is 11.5 Å². The second-order valence-corrected chi connectivity index (χ2v) is 14.7. The molecular weight excluding hydrogens is 559 g/mol. The average Bonchev–Trinajstić information content (AvgIpc) is 2.67. The van der Waals surface area contributed by atoms with Crippen molar-refractivity contribution < 1.29 is 37.9 Å². The topological polar surface area (TPSA) is 171 Å². The number of alkyl halides is 1. The predicted octanol–water partition coefficient (Wildman–Crippen LogP) is 4.60. The van der Waals surface area contributed by atoms with Gasteiger partial charge < -0.3 is 35.3 Å². The molecule has 0 aromatic rings. The normalized spacial score (nSPS) is 13.8. The highest BCUT2D eigenvalue weighted by Gasteiger charge is 2.16. The zero-order chi connectivity index (χ0) is 27.0. The summed E-state index contributed by atoms with van der Waals surface area (Å²) < 4.78 is 25.5. The van der Waals surface area contributed by atoms with Crippen molar-refractivity contribution >= 4 is 68.4 Å². The van der Waals surface area contributed by atoms with Crippen LogP contribution >= 0.6 is 56.5 Å². The van der Waals surface area contributed by atoms with E-state index < -0.39 is 40.4 Å². The second kappa shape index (κ2) is 27.3. The highest BCUT2D eigenvalue weighted by Crippen LogP contribution is 2.41. The molecule has 0 heterocycles. The Bertz CT molecular complexity index is 511. The van der Waals surface area contributed by atoms with Crippen LogP contribution in [0.5, 0.6) is 0 Å². The van der Waals surface area contributed by atoms with E-state index in [1.54, 1.807) is 13.6 Å². The molecule has 6 N–H and O–H groups in total. The first-order valence-corrected chi connectivity index (χ1v) is 17.9. The van der Waals surface area contributed by atoms with Crippen molar-refractivity contribution in [2.45, 2.75) is 45.7 Å². The number of hydrogen-bond donors (Lipinski definition) is 4. The molecule has 0 aromatic carbocycles. The van der Waals surface area contributed by atoms with Gasteiger partial charge in [-0.25, -0.2) is 0 Å². The number of carboxylic acids is 1. The van der Waals surface area contributed by atoms with Crippen LogP contribution < -0.4 is 11.5 Å².